The summed E-state index contributed by atoms with van der Waals surface area (Å²) in [4.78, 5) is 35.6. The van der Waals surface area contributed by atoms with Crippen LogP contribution in [0.4, 0.5) is 0 Å². The van der Waals surface area contributed by atoms with Crippen LogP contribution < -0.4 is 28.3 Å². The van der Waals surface area contributed by atoms with Gasteiger partial charge >= 0.3 is 30.8 Å². The summed E-state index contributed by atoms with van der Waals surface area (Å²) in [6, 6.07) is 3.26. The molecule has 16 heteroatoms. The van der Waals surface area contributed by atoms with Crippen molar-refractivity contribution in [3.8, 4) is 10.4 Å². The molecule has 0 amide bonds. The summed E-state index contributed by atoms with van der Waals surface area (Å²) in [5, 5.41) is 9.75. The largest absolute Gasteiger partial charge is 1.00 e. The number of aromatic nitrogens is 4. The van der Waals surface area contributed by atoms with E-state index in [1.54, 1.807) is 20.1 Å². The average molecular weight is 539 g/mol. The van der Waals surface area contributed by atoms with Gasteiger partial charge in [-0.15, -0.1) is 0 Å². The van der Waals surface area contributed by atoms with Crippen molar-refractivity contribution < 1.29 is 63.5 Å². The molecule has 0 aromatic carbocycles. The maximum Gasteiger partial charge on any atom is 1.00 e. The summed E-state index contributed by atoms with van der Waals surface area (Å²) in [6.07, 6.45) is 2.56. The van der Waals surface area contributed by atoms with Gasteiger partial charge in [0, 0.05) is 13.2 Å². The Kier molecular flexibility index (Phi) is 15.0. The second-order valence-corrected chi connectivity index (χ2v) is 8.49. The van der Waals surface area contributed by atoms with Crippen LogP contribution in [0.2, 0.25) is 0 Å². The molecule has 0 atom stereocenters. The van der Waals surface area contributed by atoms with Gasteiger partial charge in [0.25, 0.3) is 10.4 Å². The Morgan fingerprint density at radius 2 is 1.47 bits per heavy atom. The first-order valence-electron chi connectivity index (χ1n) is 10.00. The van der Waals surface area contributed by atoms with Crippen molar-refractivity contribution in [3.63, 3.8) is 0 Å². The number of hydrogen-bond acceptors (Lipinski definition) is 11. The van der Waals surface area contributed by atoms with E-state index in [-0.39, 0.29) is 41.5 Å². The number of carboxylic acid groups (broad SMARTS) is 1. The Morgan fingerprint density at radius 3 is 1.83 bits per heavy atom. The topological polar surface area (TPSA) is 210 Å². The molecule has 1 saturated heterocycles. The number of ether oxygens (including phenoxy) is 4. The zero-order valence-electron chi connectivity index (χ0n) is 20.2. The van der Waals surface area contributed by atoms with Crippen molar-refractivity contribution >= 4 is 55.3 Å². The molecule has 13 nitrogen and oxygen atoms in total. The van der Waals surface area contributed by atoms with Crippen LogP contribution in [0.3, 0.4) is 0 Å². The number of fused-ring (bicyclic) bond motifs is 2. The number of nitrogens with one attached hydrogen (secondary N) is 2. The minimum Gasteiger partial charge on any atom is -0.870 e. The molecular formula is C20H27LiN4O9S2. The predicted octanol–water partition coefficient (Wildman–Crippen LogP) is -0.0598. The minimum absolute atomic E-state index is 0. The quantitative estimate of drug-likeness (QED) is 0.227. The fourth-order valence-corrected chi connectivity index (χ4v) is 4.26. The first kappa shape index (κ1) is 33.4. The molecule has 0 radical (unpaired) electrons. The Morgan fingerprint density at radius 1 is 1.00 bits per heavy atom. The van der Waals surface area contributed by atoms with E-state index in [2.05, 4.69) is 19.9 Å². The van der Waals surface area contributed by atoms with Crippen LogP contribution in [0, 0.1) is 0 Å². The third-order valence-electron chi connectivity index (χ3n) is 4.23. The number of esters is 1. The van der Waals surface area contributed by atoms with Crippen molar-refractivity contribution in [3.05, 3.63) is 23.5 Å². The normalized spacial score (nSPS) is 11.5. The van der Waals surface area contributed by atoms with E-state index in [0.717, 1.165) is 22.6 Å². The molecule has 4 aromatic rings. The molecule has 5 rings (SSSR count). The summed E-state index contributed by atoms with van der Waals surface area (Å²) < 4.78 is 21.3. The molecule has 1 aliphatic rings. The number of nitrogens with zero attached hydrogens (tertiary/aromatic N) is 2. The van der Waals surface area contributed by atoms with Crippen LogP contribution in [-0.2, 0) is 9.47 Å². The van der Waals surface area contributed by atoms with Gasteiger partial charge in [-0.1, -0.05) is 22.7 Å². The number of rotatable bonds is 5. The Balaban J connectivity index is 0.000000536. The first-order chi connectivity index (χ1) is 15.9. The zero-order valence-corrected chi connectivity index (χ0v) is 21.9. The van der Waals surface area contributed by atoms with Gasteiger partial charge in [-0.25, -0.2) is 9.59 Å². The fourth-order valence-electron chi connectivity index (χ4n) is 2.71. The first-order valence-corrected chi connectivity index (χ1v) is 11.6. The van der Waals surface area contributed by atoms with Gasteiger partial charge < -0.3 is 45.0 Å². The van der Waals surface area contributed by atoms with E-state index in [1.165, 1.54) is 48.7 Å². The number of carbonyl (C=O) groups excluding carboxylic acids is 1. The maximum atomic E-state index is 11.4. The van der Waals surface area contributed by atoms with Gasteiger partial charge in [0.2, 0.25) is 0 Å². The molecular weight excluding hydrogens is 511 g/mol. The molecule has 1 fully saturated rings. The SMILES string of the molecule is C1CCOC1.CCOC(=O)c1cc2sc(OC)nc2[nH]1.COc1nc2[nH]c(C(=O)O)cc2s1.O.[Li+].[OH-]. The van der Waals surface area contributed by atoms with Crippen LogP contribution in [0.15, 0.2) is 12.1 Å². The van der Waals surface area contributed by atoms with E-state index in [0.29, 0.717) is 34.0 Å². The van der Waals surface area contributed by atoms with E-state index in [4.69, 9.17) is 24.1 Å². The molecule has 1 aliphatic heterocycles. The predicted molar refractivity (Wildman–Crippen MR) is 130 cm³/mol. The molecule has 0 bridgehead atoms. The monoisotopic (exact) mass is 538 g/mol. The third-order valence-corrected chi connectivity index (χ3v) is 6.15. The average Bonchev–Trinajstić information content (AvgIpc) is 3.60. The number of H-pyrrole nitrogens is 2. The van der Waals surface area contributed by atoms with Gasteiger partial charge in [-0.05, 0) is 31.9 Å². The van der Waals surface area contributed by atoms with Gasteiger partial charge in [0.05, 0.1) is 30.2 Å². The molecule has 0 spiro atoms. The Labute approximate surface area is 225 Å². The minimum atomic E-state index is -0.982. The van der Waals surface area contributed by atoms with Gasteiger partial charge in [-0.3, -0.25) is 0 Å². The third kappa shape index (κ3) is 8.78. The molecule has 0 aliphatic carbocycles. The van der Waals surface area contributed by atoms with Crippen molar-refractivity contribution in [2.75, 3.05) is 34.0 Å². The molecule has 5 heterocycles. The number of thiazole rings is 2. The summed E-state index contributed by atoms with van der Waals surface area (Å²) in [5.41, 5.74) is 1.78. The molecule has 0 saturated carbocycles. The number of methoxy groups -OCH3 is 2. The van der Waals surface area contributed by atoms with Crippen molar-refractivity contribution in [1.82, 2.24) is 19.9 Å². The number of aromatic carboxylic acids is 1. The summed E-state index contributed by atoms with van der Waals surface area (Å²) in [6.45, 7) is 4.13. The van der Waals surface area contributed by atoms with Crippen molar-refractivity contribution in [1.29, 1.82) is 0 Å². The smallest absolute Gasteiger partial charge is 0.870 e. The molecule has 0 unspecified atom stereocenters. The molecule has 36 heavy (non-hydrogen) atoms. The van der Waals surface area contributed by atoms with Crippen LogP contribution >= 0.6 is 22.7 Å². The molecule has 6 N–H and O–H groups in total. The van der Waals surface area contributed by atoms with Crippen LogP contribution in [0.5, 0.6) is 10.4 Å². The second-order valence-electron chi connectivity index (χ2n) is 6.50. The van der Waals surface area contributed by atoms with E-state index < -0.39 is 5.97 Å². The second kappa shape index (κ2) is 16.2. The fraction of sp³-hybridized carbons (Fsp3) is 0.400. The van der Waals surface area contributed by atoms with Crippen LogP contribution in [-0.4, -0.2) is 82.0 Å². The number of carboxylic acids is 1. The molecule has 194 valence electrons. The van der Waals surface area contributed by atoms with Crippen LogP contribution in [0.1, 0.15) is 40.7 Å². The van der Waals surface area contributed by atoms with Crippen molar-refractivity contribution in [2.24, 2.45) is 0 Å². The number of hydrogen-bond donors (Lipinski definition) is 3. The van der Waals surface area contributed by atoms with Crippen molar-refractivity contribution in [2.45, 2.75) is 19.8 Å². The van der Waals surface area contributed by atoms with E-state index in [1.807, 2.05) is 0 Å². The number of carbonyl (C=O) groups is 2. The zero-order chi connectivity index (χ0) is 23.8. The van der Waals surface area contributed by atoms with Gasteiger partial charge in [-0.2, -0.15) is 9.97 Å². The summed E-state index contributed by atoms with van der Waals surface area (Å²) in [5.74, 6) is -1.34. The molecule has 4 aromatic heterocycles. The van der Waals surface area contributed by atoms with Gasteiger partial charge in [0.1, 0.15) is 11.4 Å². The van der Waals surface area contributed by atoms with E-state index >= 15 is 0 Å². The maximum absolute atomic E-state index is 11.4. The summed E-state index contributed by atoms with van der Waals surface area (Å²) >= 11 is 2.69. The summed E-state index contributed by atoms with van der Waals surface area (Å²) in [7, 11) is 3.08. The Bertz CT molecular complexity index is 1150. The number of aromatic amines is 2. The van der Waals surface area contributed by atoms with Crippen LogP contribution in [0.25, 0.3) is 20.7 Å². The van der Waals surface area contributed by atoms with E-state index in [9.17, 15) is 9.59 Å². The standard InChI is InChI=1S/C9H10N2O3S.C7H6N2O3S.C4H8O.Li.2H2O/c1-3-14-8(12)5-4-6-7(10-5)11-9(13-2)15-6;1-12-7-9-5-4(13-7)2-3(8-5)6(10)11;1-2-4-5-3-1;;;/h4,10H,3H2,1-2H3;2,8H,1H3,(H,10,11);1-4H2;;2*1H2/q;;;+1;;/p-1. The van der Waals surface area contributed by atoms with Gasteiger partial charge in [0.15, 0.2) is 11.3 Å². The Hall–Kier alpha value is -2.64.